The Kier molecular flexibility index (Phi) is 7.10. The number of nitrogens with zero attached hydrogens (tertiary/aromatic N) is 2. The van der Waals surface area contributed by atoms with Crippen molar-refractivity contribution in [1.82, 2.24) is 0 Å². The van der Waals surface area contributed by atoms with Crippen LogP contribution in [0.1, 0.15) is 0 Å². The summed E-state index contributed by atoms with van der Waals surface area (Å²) in [5.41, 5.74) is 12.0. The molecule has 0 aliphatic rings. The summed E-state index contributed by atoms with van der Waals surface area (Å²) in [5, 5.41) is 4.35. The van der Waals surface area contributed by atoms with Crippen molar-refractivity contribution in [2.24, 2.45) is 0 Å². The Labute approximate surface area is 301 Å². The number of hydrogen-bond donors (Lipinski definition) is 0. The van der Waals surface area contributed by atoms with Crippen LogP contribution < -0.4 is 9.80 Å². The highest BCUT2D eigenvalue weighted by Crippen LogP contribution is 2.46. The Morgan fingerprint density at radius 3 is 1.35 bits per heavy atom. The zero-order chi connectivity index (χ0) is 34.4. The molecule has 0 radical (unpaired) electrons. The summed E-state index contributed by atoms with van der Waals surface area (Å²) >= 11 is 0. The molecule has 0 spiro atoms. The maximum absolute atomic E-state index is 6.75. The van der Waals surface area contributed by atoms with E-state index in [1.54, 1.807) is 0 Å². The van der Waals surface area contributed by atoms with Gasteiger partial charge in [0.15, 0.2) is 0 Å². The Balaban J connectivity index is 1.11. The first kappa shape index (κ1) is 29.8. The van der Waals surface area contributed by atoms with Crippen molar-refractivity contribution in [3.63, 3.8) is 0 Å². The van der Waals surface area contributed by atoms with Crippen molar-refractivity contribution in [1.29, 1.82) is 0 Å². The lowest BCUT2D eigenvalue weighted by Crippen LogP contribution is -2.10. The molecule has 0 amide bonds. The molecule has 0 aliphatic heterocycles. The molecule has 0 aliphatic carbocycles. The largest absolute Gasteiger partial charge is 0.456 e. The monoisotopic (exact) mass is 668 g/mol. The topological polar surface area (TPSA) is 32.8 Å². The van der Waals surface area contributed by atoms with E-state index in [1.807, 2.05) is 18.2 Å². The van der Waals surface area contributed by atoms with E-state index >= 15 is 0 Å². The molecule has 0 saturated carbocycles. The summed E-state index contributed by atoms with van der Waals surface area (Å²) in [6, 6.07) is 67.6. The highest BCUT2D eigenvalue weighted by Gasteiger charge is 2.22. The van der Waals surface area contributed by atoms with Gasteiger partial charge in [-0.05, 0) is 84.4 Å². The summed E-state index contributed by atoms with van der Waals surface area (Å²) in [6.07, 6.45) is 0. The average Bonchev–Trinajstić information content (AvgIpc) is 3.79. The summed E-state index contributed by atoms with van der Waals surface area (Å²) in [7, 11) is 0. The maximum Gasteiger partial charge on any atom is 0.143 e. The van der Waals surface area contributed by atoms with Crippen LogP contribution in [0.25, 0.3) is 55.0 Å². The van der Waals surface area contributed by atoms with Crippen LogP contribution in [0.4, 0.5) is 34.1 Å². The van der Waals surface area contributed by atoms with Crippen LogP contribution in [0.3, 0.4) is 0 Å². The Hall–Kier alpha value is -7.04. The Morgan fingerprint density at radius 1 is 0.308 bits per heavy atom. The molecule has 52 heavy (non-hydrogen) atoms. The molecule has 0 saturated heterocycles. The first-order valence-corrected chi connectivity index (χ1v) is 17.5. The van der Waals surface area contributed by atoms with Gasteiger partial charge in [0.25, 0.3) is 0 Å². The molecule has 2 aromatic heterocycles. The fourth-order valence-electron chi connectivity index (χ4n) is 7.56. The van der Waals surface area contributed by atoms with Crippen molar-refractivity contribution in [2.45, 2.75) is 0 Å². The SMILES string of the molecule is c1ccc(N(c2ccc(-c3cccc4c3oc3cccc(N(c5ccccc5)c5ccccc5)c34)cc2)c2cccc3oc4ccccc4c23)cc1. The molecule has 8 aromatic carbocycles. The molecule has 0 bridgehead atoms. The minimum atomic E-state index is 0.851. The predicted octanol–water partition coefficient (Wildman–Crippen LogP) is 14.1. The van der Waals surface area contributed by atoms with E-state index in [9.17, 15) is 0 Å². The van der Waals surface area contributed by atoms with Crippen molar-refractivity contribution < 1.29 is 8.83 Å². The van der Waals surface area contributed by atoms with Crippen LogP contribution in [0.15, 0.2) is 203 Å². The van der Waals surface area contributed by atoms with E-state index in [4.69, 9.17) is 8.83 Å². The fraction of sp³-hybridized carbons (Fsp3) is 0. The van der Waals surface area contributed by atoms with Crippen molar-refractivity contribution >= 4 is 78.0 Å². The number of para-hydroxylation sites is 5. The number of rotatable bonds is 7. The highest BCUT2D eigenvalue weighted by atomic mass is 16.3. The molecule has 0 atom stereocenters. The van der Waals surface area contributed by atoms with Crippen molar-refractivity contribution in [2.75, 3.05) is 9.80 Å². The van der Waals surface area contributed by atoms with Crippen LogP contribution in [0.5, 0.6) is 0 Å². The van der Waals surface area contributed by atoms with E-state index in [2.05, 4.69) is 186 Å². The number of anilines is 6. The van der Waals surface area contributed by atoms with Crippen LogP contribution in [0, 0.1) is 0 Å². The molecular formula is C48H32N2O2. The van der Waals surface area contributed by atoms with E-state index in [-0.39, 0.29) is 0 Å². The van der Waals surface area contributed by atoms with Crippen molar-refractivity contribution in [3.8, 4) is 11.1 Å². The van der Waals surface area contributed by atoms with Gasteiger partial charge < -0.3 is 18.6 Å². The van der Waals surface area contributed by atoms with Crippen LogP contribution >= 0.6 is 0 Å². The molecule has 4 heteroatoms. The maximum atomic E-state index is 6.75. The quantitative estimate of drug-likeness (QED) is 0.169. The van der Waals surface area contributed by atoms with Crippen LogP contribution in [-0.2, 0) is 0 Å². The number of furan rings is 2. The number of benzene rings is 8. The third kappa shape index (κ3) is 4.92. The number of hydrogen-bond acceptors (Lipinski definition) is 4. The van der Waals surface area contributed by atoms with E-state index < -0.39 is 0 Å². The van der Waals surface area contributed by atoms with Gasteiger partial charge >= 0.3 is 0 Å². The van der Waals surface area contributed by atoms with Gasteiger partial charge in [-0.1, -0.05) is 115 Å². The van der Waals surface area contributed by atoms with Crippen LogP contribution in [0.2, 0.25) is 0 Å². The second kappa shape index (κ2) is 12.4. The second-order valence-electron chi connectivity index (χ2n) is 12.9. The summed E-state index contributed by atoms with van der Waals surface area (Å²) in [4.78, 5) is 4.62. The molecule has 10 aromatic rings. The van der Waals surface area contributed by atoms with Crippen molar-refractivity contribution in [3.05, 3.63) is 194 Å². The van der Waals surface area contributed by atoms with Gasteiger partial charge in [-0.25, -0.2) is 0 Å². The van der Waals surface area contributed by atoms with E-state index in [0.29, 0.717) is 0 Å². The minimum Gasteiger partial charge on any atom is -0.456 e. The predicted molar refractivity (Wildman–Crippen MR) is 216 cm³/mol. The molecule has 10 rings (SSSR count). The zero-order valence-corrected chi connectivity index (χ0v) is 28.2. The molecule has 0 N–H and O–H groups in total. The fourth-order valence-corrected chi connectivity index (χ4v) is 7.56. The third-order valence-electron chi connectivity index (χ3n) is 9.84. The molecule has 4 nitrogen and oxygen atoms in total. The summed E-state index contributed by atoms with van der Waals surface area (Å²) in [5.74, 6) is 0. The molecular weight excluding hydrogens is 637 g/mol. The molecule has 2 heterocycles. The molecule has 0 unspecified atom stereocenters. The first-order valence-electron chi connectivity index (χ1n) is 17.5. The smallest absolute Gasteiger partial charge is 0.143 e. The Morgan fingerprint density at radius 2 is 0.750 bits per heavy atom. The number of fused-ring (bicyclic) bond motifs is 6. The standard InChI is InChI=1S/C48H32N2O2/c1-4-15-34(16-5-1)49(35-17-6-2-7-18-35)42-25-14-28-45-47(42)40-23-12-22-38(48(40)52-45)33-29-31-37(32-30-33)50(36-19-8-3-9-20-36)41-24-13-27-44-46(41)39-21-10-11-26-43(39)51-44/h1-32H. The van der Waals surface area contributed by atoms with Gasteiger partial charge in [-0.15, -0.1) is 0 Å². The lowest BCUT2D eigenvalue weighted by molar-refractivity contribution is 0.669. The lowest BCUT2D eigenvalue weighted by atomic mass is 10.0. The van der Waals surface area contributed by atoms with Gasteiger partial charge in [0.05, 0.1) is 22.1 Å². The van der Waals surface area contributed by atoms with E-state index in [1.165, 1.54) is 0 Å². The molecule has 246 valence electrons. The Bertz CT molecular complexity index is 2800. The zero-order valence-electron chi connectivity index (χ0n) is 28.2. The van der Waals surface area contributed by atoms with Gasteiger partial charge in [0, 0.05) is 39.1 Å². The molecule has 0 fully saturated rings. The average molecular weight is 669 g/mol. The summed E-state index contributed by atoms with van der Waals surface area (Å²) in [6.45, 7) is 0. The normalized spacial score (nSPS) is 11.5. The van der Waals surface area contributed by atoms with E-state index in [0.717, 1.165) is 89.1 Å². The lowest BCUT2D eigenvalue weighted by Gasteiger charge is -2.26. The second-order valence-corrected chi connectivity index (χ2v) is 12.9. The van der Waals surface area contributed by atoms with Gasteiger partial charge in [-0.3, -0.25) is 0 Å². The van der Waals surface area contributed by atoms with Gasteiger partial charge in [0.2, 0.25) is 0 Å². The highest BCUT2D eigenvalue weighted by molar-refractivity contribution is 6.16. The summed E-state index contributed by atoms with van der Waals surface area (Å²) < 4.78 is 13.0. The minimum absolute atomic E-state index is 0.851. The van der Waals surface area contributed by atoms with Gasteiger partial charge in [-0.2, -0.15) is 0 Å². The van der Waals surface area contributed by atoms with Gasteiger partial charge in [0.1, 0.15) is 22.3 Å². The van der Waals surface area contributed by atoms with Crippen LogP contribution in [-0.4, -0.2) is 0 Å². The first-order chi connectivity index (χ1) is 25.8. The third-order valence-corrected chi connectivity index (χ3v) is 9.84.